The van der Waals surface area contributed by atoms with E-state index >= 15 is 0 Å². The molecule has 5 aromatic rings. The Bertz CT molecular complexity index is 1590. The fraction of sp³-hybridized carbons (Fsp3) is 0.286. The Morgan fingerprint density at radius 2 is 2.05 bits per heavy atom. The summed E-state index contributed by atoms with van der Waals surface area (Å²) in [6.45, 7) is 4.49. The monoisotopic (exact) mass is 540 g/mol. The maximum atomic E-state index is 13.9. The molecule has 0 bridgehead atoms. The molecule has 0 aliphatic carbocycles. The molecule has 1 aliphatic rings. The standard InChI is InChI=1S/C28H28N8O2S/c1-18-16-39-25(31-18)22-9-6-11-36(22)26(37)20-13-21(32-23(14-20)35-12-10-30-17-35)24-33-34-27(38-24)28(2,29)15-19-7-4-3-5-8-19/h3-5,7-8,10,12-14,16-17,22H,6,9,11,15,29H2,1-2H3. The Labute approximate surface area is 229 Å². The largest absolute Gasteiger partial charge is 0.417 e. The molecule has 39 heavy (non-hydrogen) atoms. The molecule has 5 heterocycles. The van der Waals surface area contributed by atoms with Crippen LogP contribution in [-0.4, -0.2) is 47.1 Å². The molecular formula is C28H28N8O2S. The molecule has 1 amide bonds. The Morgan fingerprint density at radius 3 is 2.79 bits per heavy atom. The quantitative estimate of drug-likeness (QED) is 0.320. The van der Waals surface area contributed by atoms with Crippen molar-refractivity contribution in [1.29, 1.82) is 0 Å². The van der Waals surface area contributed by atoms with E-state index in [1.807, 2.05) is 54.5 Å². The average Bonchev–Trinajstić information content (AvgIpc) is 3.74. The molecule has 1 saturated heterocycles. The van der Waals surface area contributed by atoms with E-state index < -0.39 is 5.54 Å². The molecule has 6 rings (SSSR count). The molecule has 2 atom stereocenters. The van der Waals surface area contributed by atoms with Crippen LogP contribution in [0.25, 0.3) is 17.4 Å². The molecule has 198 valence electrons. The van der Waals surface area contributed by atoms with Crippen LogP contribution in [0.4, 0.5) is 0 Å². The number of imidazole rings is 1. The number of carbonyl (C=O) groups excluding carboxylic acids is 1. The highest BCUT2D eigenvalue weighted by atomic mass is 32.1. The lowest BCUT2D eigenvalue weighted by molar-refractivity contribution is 0.0735. The molecule has 2 N–H and O–H groups in total. The van der Waals surface area contributed by atoms with Gasteiger partial charge in [-0.05, 0) is 50.8 Å². The van der Waals surface area contributed by atoms with E-state index in [1.54, 1.807) is 46.8 Å². The van der Waals surface area contributed by atoms with Gasteiger partial charge in [0.2, 0.25) is 5.89 Å². The molecule has 0 radical (unpaired) electrons. The summed E-state index contributed by atoms with van der Waals surface area (Å²) in [6.07, 6.45) is 7.39. The van der Waals surface area contributed by atoms with E-state index in [2.05, 4.69) is 20.2 Å². The third-order valence-corrected chi connectivity index (χ3v) is 7.87. The number of benzene rings is 1. The van der Waals surface area contributed by atoms with Crippen LogP contribution >= 0.6 is 11.3 Å². The van der Waals surface area contributed by atoms with Gasteiger partial charge in [0.1, 0.15) is 22.8 Å². The van der Waals surface area contributed by atoms with Gasteiger partial charge < -0.3 is 15.1 Å². The van der Waals surface area contributed by atoms with E-state index in [-0.39, 0.29) is 17.8 Å². The lowest BCUT2D eigenvalue weighted by Gasteiger charge is -2.23. The summed E-state index contributed by atoms with van der Waals surface area (Å²) in [5.41, 5.74) is 8.61. The Morgan fingerprint density at radius 1 is 1.21 bits per heavy atom. The number of aryl methyl sites for hydroxylation is 1. The number of carbonyl (C=O) groups is 1. The molecule has 2 unspecified atom stereocenters. The summed E-state index contributed by atoms with van der Waals surface area (Å²) in [7, 11) is 0. The highest BCUT2D eigenvalue weighted by molar-refractivity contribution is 7.09. The van der Waals surface area contributed by atoms with Gasteiger partial charge in [0.15, 0.2) is 0 Å². The minimum absolute atomic E-state index is 0.0459. The first-order valence-corrected chi connectivity index (χ1v) is 13.7. The number of likely N-dealkylation sites (tertiary alicyclic amines) is 1. The van der Waals surface area contributed by atoms with Crippen LogP contribution in [0.5, 0.6) is 0 Å². The molecule has 1 aromatic carbocycles. The van der Waals surface area contributed by atoms with Crippen LogP contribution in [0, 0.1) is 6.92 Å². The highest BCUT2D eigenvalue weighted by Crippen LogP contribution is 2.35. The second-order valence-electron chi connectivity index (χ2n) is 10.0. The van der Waals surface area contributed by atoms with E-state index in [4.69, 9.17) is 15.1 Å². The van der Waals surface area contributed by atoms with Crippen LogP contribution in [0.2, 0.25) is 0 Å². The minimum atomic E-state index is -0.887. The van der Waals surface area contributed by atoms with E-state index in [0.717, 1.165) is 29.1 Å². The number of rotatable bonds is 7. The van der Waals surface area contributed by atoms with Gasteiger partial charge in [0.25, 0.3) is 11.8 Å². The van der Waals surface area contributed by atoms with Crippen molar-refractivity contribution in [3.63, 3.8) is 0 Å². The molecule has 4 aromatic heterocycles. The van der Waals surface area contributed by atoms with Crippen molar-refractivity contribution in [3.8, 4) is 17.4 Å². The normalized spacial score (nSPS) is 16.9. The molecular weight excluding hydrogens is 512 g/mol. The lowest BCUT2D eigenvalue weighted by Crippen LogP contribution is -2.35. The van der Waals surface area contributed by atoms with Crippen LogP contribution in [0.15, 0.2) is 71.0 Å². The number of pyridine rings is 1. The predicted molar refractivity (Wildman–Crippen MR) is 146 cm³/mol. The number of hydrogen-bond donors (Lipinski definition) is 1. The number of aromatic nitrogens is 6. The van der Waals surface area contributed by atoms with Crippen molar-refractivity contribution < 1.29 is 9.21 Å². The first kappa shape index (κ1) is 25.1. The SMILES string of the molecule is Cc1csc(C2CCCN2C(=O)c2cc(-c3nnc(C(C)(N)Cc4ccccc4)o3)nc(-n3ccnc3)c2)n1. The minimum Gasteiger partial charge on any atom is -0.417 e. The molecule has 10 nitrogen and oxygen atoms in total. The summed E-state index contributed by atoms with van der Waals surface area (Å²) in [5.74, 6) is 0.915. The van der Waals surface area contributed by atoms with Gasteiger partial charge in [-0.15, -0.1) is 21.5 Å². The van der Waals surface area contributed by atoms with Crippen molar-refractivity contribution >= 4 is 17.2 Å². The average molecular weight is 541 g/mol. The van der Waals surface area contributed by atoms with Gasteiger partial charge >= 0.3 is 0 Å². The maximum absolute atomic E-state index is 13.9. The molecule has 0 spiro atoms. The van der Waals surface area contributed by atoms with Gasteiger partial charge in [-0.25, -0.2) is 15.0 Å². The van der Waals surface area contributed by atoms with Gasteiger partial charge in [-0.1, -0.05) is 30.3 Å². The van der Waals surface area contributed by atoms with Crippen molar-refractivity contribution in [2.24, 2.45) is 5.73 Å². The topological polar surface area (TPSA) is 129 Å². The predicted octanol–water partition coefficient (Wildman–Crippen LogP) is 4.48. The molecule has 1 fully saturated rings. The van der Waals surface area contributed by atoms with Crippen LogP contribution < -0.4 is 5.73 Å². The van der Waals surface area contributed by atoms with Gasteiger partial charge in [0.05, 0.1) is 11.6 Å². The number of thiazole rings is 1. The van der Waals surface area contributed by atoms with Crippen molar-refractivity contribution in [2.45, 2.75) is 44.7 Å². The molecule has 0 saturated carbocycles. The zero-order chi connectivity index (χ0) is 27.0. The van der Waals surface area contributed by atoms with Crippen LogP contribution in [0.3, 0.4) is 0 Å². The Kier molecular flexibility index (Phi) is 6.53. The van der Waals surface area contributed by atoms with Gasteiger partial charge in [0, 0.05) is 35.6 Å². The Hall–Kier alpha value is -4.22. The van der Waals surface area contributed by atoms with E-state index in [9.17, 15) is 4.79 Å². The Balaban J connectivity index is 1.35. The van der Waals surface area contributed by atoms with Crippen LogP contribution in [-0.2, 0) is 12.0 Å². The van der Waals surface area contributed by atoms with E-state index in [0.29, 0.717) is 35.9 Å². The van der Waals surface area contributed by atoms with Gasteiger partial charge in [-0.2, -0.15) is 0 Å². The fourth-order valence-corrected chi connectivity index (χ4v) is 5.83. The highest BCUT2D eigenvalue weighted by Gasteiger charge is 2.34. The second-order valence-corrected chi connectivity index (χ2v) is 10.9. The van der Waals surface area contributed by atoms with Crippen LogP contribution in [0.1, 0.15) is 58.3 Å². The lowest BCUT2D eigenvalue weighted by atomic mass is 9.94. The van der Waals surface area contributed by atoms with Crippen molar-refractivity contribution in [1.82, 2.24) is 34.6 Å². The molecule has 1 aliphatic heterocycles. The third kappa shape index (κ3) is 5.10. The summed E-state index contributed by atoms with van der Waals surface area (Å²) in [6, 6.07) is 13.3. The summed E-state index contributed by atoms with van der Waals surface area (Å²) in [4.78, 5) is 29.3. The molecule has 11 heteroatoms. The number of nitrogens with zero attached hydrogens (tertiary/aromatic N) is 7. The second kappa shape index (κ2) is 10.2. The van der Waals surface area contributed by atoms with E-state index in [1.165, 1.54) is 0 Å². The summed E-state index contributed by atoms with van der Waals surface area (Å²) < 4.78 is 7.81. The van der Waals surface area contributed by atoms with Crippen molar-refractivity contribution in [2.75, 3.05) is 6.54 Å². The fourth-order valence-electron chi connectivity index (χ4n) is 4.89. The zero-order valence-corrected chi connectivity index (χ0v) is 22.5. The van der Waals surface area contributed by atoms with Gasteiger partial charge in [-0.3, -0.25) is 9.36 Å². The number of hydrogen-bond acceptors (Lipinski definition) is 9. The maximum Gasteiger partial charge on any atom is 0.266 e. The third-order valence-electron chi connectivity index (χ3n) is 6.81. The van der Waals surface area contributed by atoms with Crippen molar-refractivity contribution in [3.05, 3.63) is 94.3 Å². The number of nitrogens with two attached hydrogens (primary N) is 1. The first-order valence-electron chi connectivity index (χ1n) is 12.8. The first-order chi connectivity index (χ1) is 18.9. The summed E-state index contributed by atoms with van der Waals surface area (Å²) in [5, 5.41) is 11.5. The summed E-state index contributed by atoms with van der Waals surface area (Å²) >= 11 is 1.59. The zero-order valence-electron chi connectivity index (χ0n) is 21.7. The smallest absolute Gasteiger partial charge is 0.266 e. The number of amides is 1.